The molecule has 4 heteroatoms. The van der Waals surface area contributed by atoms with E-state index >= 15 is 0 Å². The molecule has 0 saturated carbocycles. The summed E-state index contributed by atoms with van der Waals surface area (Å²) in [5.74, 6) is 0.165. The van der Waals surface area contributed by atoms with E-state index in [2.05, 4.69) is 36.3 Å². The molecule has 0 aromatic carbocycles. The monoisotopic (exact) mass is 241 g/mol. The van der Waals surface area contributed by atoms with E-state index in [9.17, 15) is 4.79 Å². The van der Waals surface area contributed by atoms with E-state index in [0.29, 0.717) is 0 Å². The van der Waals surface area contributed by atoms with Crippen molar-refractivity contribution >= 4 is 5.91 Å². The molecule has 0 spiro atoms. The van der Waals surface area contributed by atoms with Crippen LogP contribution in [0.15, 0.2) is 0 Å². The average Bonchev–Trinajstić information content (AvgIpc) is 2.38. The minimum atomic E-state index is -0.0562. The molecule has 1 aliphatic heterocycles. The van der Waals surface area contributed by atoms with Crippen LogP contribution in [0.5, 0.6) is 0 Å². The molecule has 2 N–H and O–H groups in total. The van der Waals surface area contributed by atoms with Gasteiger partial charge in [-0.25, -0.2) is 0 Å². The second kappa shape index (κ2) is 6.36. The van der Waals surface area contributed by atoms with Crippen molar-refractivity contribution < 1.29 is 4.79 Å². The first-order chi connectivity index (χ1) is 8.02. The molecule has 0 bridgehead atoms. The lowest BCUT2D eigenvalue weighted by molar-refractivity contribution is -0.128. The molecular formula is C13H27N3O. The fourth-order valence-electron chi connectivity index (χ4n) is 2.06. The van der Waals surface area contributed by atoms with E-state index in [-0.39, 0.29) is 17.5 Å². The van der Waals surface area contributed by atoms with Gasteiger partial charge < -0.3 is 10.6 Å². The van der Waals surface area contributed by atoms with Crippen LogP contribution in [0, 0.1) is 0 Å². The van der Waals surface area contributed by atoms with Crippen molar-refractivity contribution in [3.63, 3.8) is 0 Å². The van der Waals surface area contributed by atoms with Crippen molar-refractivity contribution in [1.29, 1.82) is 0 Å². The lowest BCUT2D eigenvalue weighted by Gasteiger charge is -2.35. The third-order valence-electron chi connectivity index (χ3n) is 4.06. The topological polar surface area (TPSA) is 44.4 Å². The summed E-state index contributed by atoms with van der Waals surface area (Å²) in [7, 11) is 0. The molecule has 0 aliphatic carbocycles. The molecule has 100 valence electrons. The molecule has 1 heterocycles. The summed E-state index contributed by atoms with van der Waals surface area (Å²) < 4.78 is 0. The van der Waals surface area contributed by atoms with Gasteiger partial charge in [-0.1, -0.05) is 13.8 Å². The van der Waals surface area contributed by atoms with E-state index in [4.69, 9.17) is 0 Å². The number of hydrogen-bond donors (Lipinski definition) is 2. The number of piperazine rings is 1. The van der Waals surface area contributed by atoms with Crippen LogP contribution in [0.4, 0.5) is 0 Å². The van der Waals surface area contributed by atoms with Crippen LogP contribution in [0.1, 0.15) is 40.5 Å². The van der Waals surface area contributed by atoms with Crippen molar-refractivity contribution in [2.45, 2.75) is 52.1 Å². The Morgan fingerprint density at radius 3 is 2.35 bits per heavy atom. The lowest BCUT2D eigenvalue weighted by Crippen LogP contribution is -2.56. The van der Waals surface area contributed by atoms with Crippen molar-refractivity contribution in [3.8, 4) is 0 Å². The Hall–Kier alpha value is -0.610. The van der Waals surface area contributed by atoms with E-state index in [0.717, 1.165) is 39.0 Å². The summed E-state index contributed by atoms with van der Waals surface area (Å²) in [5.41, 5.74) is -0.0562. The Kier molecular flexibility index (Phi) is 5.40. The van der Waals surface area contributed by atoms with E-state index in [1.54, 1.807) is 0 Å². The van der Waals surface area contributed by atoms with Crippen molar-refractivity contribution in [1.82, 2.24) is 15.5 Å². The molecule has 1 fully saturated rings. The number of carbonyl (C=O) groups excluding carboxylic acids is 1. The predicted molar refractivity (Wildman–Crippen MR) is 71.0 cm³/mol. The standard InChI is InChI=1S/C13H27N3O/c1-5-13(4,6-2)15-12(17)11(3)16-9-7-14-8-10-16/h11,14H,5-10H2,1-4H3,(H,15,17). The van der Waals surface area contributed by atoms with Gasteiger partial charge >= 0.3 is 0 Å². The summed E-state index contributed by atoms with van der Waals surface area (Å²) in [6.45, 7) is 12.3. The van der Waals surface area contributed by atoms with Gasteiger partial charge in [0.2, 0.25) is 5.91 Å². The van der Waals surface area contributed by atoms with Gasteiger partial charge in [-0.15, -0.1) is 0 Å². The Morgan fingerprint density at radius 1 is 1.35 bits per heavy atom. The zero-order valence-electron chi connectivity index (χ0n) is 11.7. The number of rotatable bonds is 5. The van der Waals surface area contributed by atoms with E-state index < -0.39 is 0 Å². The molecular weight excluding hydrogens is 214 g/mol. The Morgan fingerprint density at radius 2 is 1.88 bits per heavy atom. The summed E-state index contributed by atoms with van der Waals surface area (Å²) >= 11 is 0. The fourth-order valence-corrected chi connectivity index (χ4v) is 2.06. The van der Waals surface area contributed by atoms with Gasteiger partial charge in [-0.3, -0.25) is 9.69 Å². The quantitative estimate of drug-likeness (QED) is 0.754. The third kappa shape index (κ3) is 3.96. The number of hydrogen-bond acceptors (Lipinski definition) is 3. The predicted octanol–water partition coefficient (Wildman–Crippen LogP) is 0.975. The highest BCUT2D eigenvalue weighted by Crippen LogP contribution is 2.14. The molecule has 1 amide bonds. The van der Waals surface area contributed by atoms with Gasteiger partial charge in [-0.05, 0) is 26.7 Å². The number of nitrogens with one attached hydrogen (secondary N) is 2. The number of nitrogens with zero attached hydrogens (tertiary/aromatic N) is 1. The Labute approximate surface area is 105 Å². The van der Waals surface area contributed by atoms with Crippen LogP contribution in [-0.2, 0) is 4.79 Å². The molecule has 1 aliphatic rings. The van der Waals surface area contributed by atoms with Gasteiger partial charge in [-0.2, -0.15) is 0 Å². The summed E-state index contributed by atoms with van der Waals surface area (Å²) in [4.78, 5) is 14.5. The number of carbonyl (C=O) groups is 1. The van der Waals surface area contributed by atoms with E-state index in [1.807, 2.05) is 6.92 Å². The van der Waals surface area contributed by atoms with Crippen LogP contribution >= 0.6 is 0 Å². The maximum absolute atomic E-state index is 12.2. The van der Waals surface area contributed by atoms with E-state index in [1.165, 1.54) is 0 Å². The minimum absolute atomic E-state index is 0.0190. The van der Waals surface area contributed by atoms with Gasteiger partial charge in [0.15, 0.2) is 0 Å². The maximum Gasteiger partial charge on any atom is 0.237 e. The molecule has 1 atom stereocenters. The first-order valence-electron chi connectivity index (χ1n) is 6.79. The maximum atomic E-state index is 12.2. The first kappa shape index (κ1) is 14.5. The highest BCUT2D eigenvalue weighted by atomic mass is 16.2. The highest BCUT2D eigenvalue weighted by molar-refractivity contribution is 5.82. The third-order valence-corrected chi connectivity index (χ3v) is 4.06. The summed E-state index contributed by atoms with van der Waals surface area (Å²) in [5, 5.41) is 6.49. The van der Waals surface area contributed by atoms with Crippen LogP contribution < -0.4 is 10.6 Å². The average molecular weight is 241 g/mol. The molecule has 0 radical (unpaired) electrons. The molecule has 4 nitrogen and oxygen atoms in total. The minimum Gasteiger partial charge on any atom is -0.350 e. The zero-order valence-corrected chi connectivity index (χ0v) is 11.7. The zero-order chi connectivity index (χ0) is 12.9. The first-order valence-corrected chi connectivity index (χ1v) is 6.79. The lowest BCUT2D eigenvalue weighted by atomic mass is 9.95. The Balaban J connectivity index is 2.50. The normalized spacial score (nSPS) is 20.0. The Bertz CT molecular complexity index is 245. The second-order valence-electron chi connectivity index (χ2n) is 5.22. The number of amides is 1. The van der Waals surface area contributed by atoms with Gasteiger partial charge in [0.25, 0.3) is 0 Å². The van der Waals surface area contributed by atoms with Gasteiger partial charge in [0.1, 0.15) is 0 Å². The molecule has 0 aromatic rings. The summed E-state index contributed by atoms with van der Waals surface area (Å²) in [6, 6.07) is -0.0190. The largest absolute Gasteiger partial charge is 0.350 e. The molecule has 1 saturated heterocycles. The van der Waals surface area contributed by atoms with Crippen LogP contribution in [0.2, 0.25) is 0 Å². The SMILES string of the molecule is CCC(C)(CC)NC(=O)C(C)N1CCNCC1. The molecule has 17 heavy (non-hydrogen) atoms. The molecule has 1 unspecified atom stereocenters. The van der Waals surface area contributed by atoms with Crippen molar-refractivity contribution in [2.75, 3.05) is 26.2 Å². The van der Waals surface area contributed by atoms with Gasteiger partial charge in [0, 0.05) is 31.7 Å². The van der Waals surface area contributed by atoms with Crippen LogP contribution in [0.3, 0.4) is 0 Å². The van der Waals surface area contributed by atoms with Gasteiger partial charge in [0.05, 0.1) is 6.04 Å². The fraction of sp³-hybridized carbons (Fsp3) is 0.923. The summed E-state index contributed by atoms with van der Waals surface area (Å²) in [6.07, 6.45) is 1.95. The van der Waals surface area contributed by atoms with Crippen molar-refractivity contribution in [2.24, 2.45) is 0 Å². The highest BCUT2D eigenvalue weighted by Gasteiger charge is 2.28. The smallest absolute Gasteiger partial charge is 0.237 e. The molecule has 1 rings (SSSR count). The second-order valence-corrected chi connectivity index (χ2v) is 5.22. The van der Waals surface area contributed by atoms with Crippen molar-refractivity contribution in [3.05, 3.63) is 0 Å². The van der Waals surface area contributed by atoms with Crippen LogP contribution in [0.25, 0.3) is 0 Å². The van der Waals surface area contributed by atoms with Crippen LogP contribution in [-0.4, -0.2) is 48.6 Å². The molecule has 0 aromatic heterocycles.